The third kappa shape index (κ3) is 3.29. The topological polar surface area (TPSA) is 33.7 Å². The van der Waals surface area contributed by atoms with E-state index in [1.807, 2.05) is 7.05 Å². The Kier molecular flexibility index (Phi) is 5.68. The van der Waals surface area contributed by atoms with Gasteiger partial charge >= 0.3 is 0 Å². The lowest BCUT2D eigenvalue weighted by Crippen LogP contribution is -2.31. The molecule has 0 aromatic rings. The molecule has 0 aliphatic carbocycles. The zero-order valence-corrected chi connectivity index (χ0v) is 8.83. The van der Waals surface area contributed by atoms with Crippen LogP contribution in [0.1, 0.15) is 0 Å². The third-order valence-electron chi connectivity index (χ3n) is 1.07. The van der Waals surface area contributed by atoms with Crippen LogP contribution in [0.2, 0.25) is 0 Å². The molecule has 0 rings (SSSR count). The van der Waals surface area contributed by atoms with Crippen molar-refractivity contribution in [2.75, 3.05) is 28.3 Å². The fourth-order valence-electron chi connectivity index (χ4n) is 0.555. The first-order chi connectivity index (χ1) is 5.17. The monoisotopic (exact) mass is 196 g/mol. The van der Waals surface area contributed by atoms with E-state index in [4.69, 9.17) is 21.3 Å². The average Bonchev–Trinajstić information content (AvgIpc) is 2.05. The van der Waals surface area contributed by atoms with Crippen LogP contribution in [0.5, 0.6) is 0 Å². The summed E-state index contributed by atoms with van der Waals surface area (Å²) in [6.07, 6.45) is 0. The molecule has 0 heterocycles. The molecule has 0 aromatic heterocycles. The van der Waals surface area contributed by atoms with E-state index in [1.165, 1.54) is 0 Å². The molecule has 0 radical (unpaired) electrons. The van der Waals surface area contributed by atoms with E-state index in [2.05, 4.69) is 5.32 Å². The molecule has 66 valence electrons. The summed E-state index contributed by atoms with van der Waals surface area (Å²) in [5.74, 6) is 0. The lowest BCUT2D eigenvalue weighted by molar-refractivity contribution is 0.310. The minimum absolute atomic E-state index is 0.611. The van der Waals surface area contributed by atoms with Gasteiger partial charge in [0.05, 0.1) is 0 Å². The van der Waals surface area contributed by atoms with Crippen molar-refractivity contribution < 1.29 is 9.05 Å². The van der Waals surface area contributed by atoms with Crippen LogP contribution >= 0.6 is 20.7 Å². The molecule has 0 bridgehead atoms. The summed E-state index contributed by atoms with van der Waals surface area (Å²) in [5.41, 5.74) is 0. The van der Waals surface area contributed by atoms with Crippen LogP contribution in [0.15, 0.2) is 0 Å². The predicted molar refractivity (Wildman–Crippen MR) is 50.4 cm³/mol. The van der Waals surface area contributed by atoms with E-state index in [0.717, 1.165) is 0 Å². The van der Waals surface area contributed by atoms with E-state index in [9.17, 15) is 0 Å². The molecule has 6 heteroatoms. The second kappa shape index (κ2) is 5.66. The summed E-state index contributed by atoms with van der Waals surface area (Å²) in [6.45, 7) is 0. The van der Waals surface area contributed by atoms with Crippen molar-refractivity contribution in [1.29, 1.82) is 0 Å². The number of rotatable bonds is 3. The summed E-state index contributed by atoms with van der Waals surface area (Å²) < 4.78 is 11.8. The van der Waals surface area contributed by atoms with Gasteiger partial charge < -0.3 is 14.4 Å². The van der Waals surface area contributed by atoms with Gasteiger partial charge in [0, 0.05) is 28.3 Å². The van der Waals surface area contributed by atoms with Crippen molar-refractivity contribution in [3.05, 3.63) is 0 Å². The van der Waals surface area contributed by atoms with Gasteiger partial charge in [-0.3, -0.25) is 4.67 Å². The molecule has 0 spiro atoms. The summed E-state index contributed by atoms with van der Waals surface area (Å²) in [4.78, 5) is 0. The molecule has 0 saturated carbocycles. The number of nitrogens with zero attached hydrogens (tertiary/aromatic N) is 1. The number of thiocarbonyl (C=S) groups is 1. The smallest absolute Gasteiger partial charge is 0.290 e. The van der Waals surface area contributed by atoms with Gasteiger partial charge in [-0.25, -0.2) is 0 Å². The van der Waals surface area contributed by atoms with Crippen LogP contribution in [0.3, 0.4) is 0 Å². The van der Waals surface area contributed by atoms with E-state index >= 15 is 0 Å². The first kappa shape index (κ1) is 11.0. The molecular weight excluding hydrogens is 183 g/mol. The zero-order chi connectivity index (χ0) is 8.85. The molecule has 0 saturated heterocycles. The first-order valence-electron chi connectivity index (χ1n) is 3.01. The Balaban J connectivity index is 3.97. The average molecular weight is 196 g/mol. The van der Waals surface area contributed by atoms with E-state index < -0.39 is 8.53 Å². The number of hydrogen-bond donors (Lipinski definition) is 1. The summed E-state index contributed by atoms with van der Waals surface area (Å²) >= 11 is 4.96. The molecule has 0 aliphatic rings. The molecule has 0 unspecified atom stereocenters. The molecule has 0 fully saturated rings. The standard InChI is InChI=1S/C5H13N2O2PS/c1-6-5(11)7(2)10(8-3)9-4/h1-4H3,(H,6,11). The molecule has 0 amide bonds. The first-order valence-corrected chi connectivity index (χ1v) is 4.55. The maximum atomic E-state index is 5.03. The van der Waals surface area contributed by atoms with Crippen molar-refractivity contribution in [1.82, 2.24) is 9.99 Å². The Labute approximate surface area is 73.8 Å². The zero-order valence-electron chi connectivity index (χ0n) is 7.12. The molecule has 11 heavy (non-hydrogen) atoms. The molecular formula is C5H13N2O2PS. The van der Waals surface area contributed by atoms with Gasteiger partial charge in [-0.15, -0.1) is 0 Å². The van der Waals surface area contributed by atoms with Crippen molar-refractivity contribution in [3.63, 3.8) is 0 Å². The van der Waals surface area contributed by atoms with Crippen molar-refractivity contribution in [2.45, 2.75) is 0 Å². The van der Waals surface area contributed by atoms with Crippen molar-refractivity contribution >= 4 is 25.9 Å². The van der Waals surface area contributed by atoms with Crippen LogP contribution in [0.4, 0.5) is 0 Å². The highest BCUT2D eigenvalue weighted by Crippen LogP contribution is 2.39. The van der Waals surface area contributed by atoms with Crippen LogP contribution < -0.4 is 5.32 Å². The van der Waals surface area contributed by atoms with Crippen LogP contribution in [-0.4, -0.2) is 38.1 Å². The number of hydrogen-bond acceptors (Lipinski definition) is 3. The molecule has 0 aliphatic heterocycles. The van der Waals surface area contributed by atoms with Crippen LogP contribution in [-0.2, 0) is 9.05 Å². The molecule has 4 nitrogen and oxygen atoms in total. The Morgan fingerprint density at radius 1 is 1.45 bits per heavy atom. The van der Waals surface area contributed by atoms with E-state index in [1.54, 1.807) is 25.9 Å². The molecule has 1 N–H and O–H groups in total. The normalized spacial score (nSPS) is 9.91. The van der Waals surface area contributed by atoms with Gasteiger partial charge in [0.25, 0.3) is 8.53 Å². The van der Waals surface area contributed by atoms with Gasteiger partial charge in [0.2, 0.25) is 0 Å². The van der Waals surface area contributed by atoms with Gasteiger partial charge in [-0.1, -0.05) is 0 Å². The maximum Gasteiger partial charge on any atom is 0.290 e. The number of nitrogens with one attached hydrogen (secondary N) is 1. The second-order valence-corrected chi connectivity index (χ2v) is 3.87. The van der Waals surface area contributed by atoms with E-state index in [-0.39, 0.29) is 0 Å². The summed E-state index contributed by atoms with van der Waals surface area (Å²) in [6, 6.07) is 0. The lowest BCUT2D eigenvalue weighted by atomic mass is 11.0. The molecule has 0 atom stereocenters. The van der Waals surface area contributed by atoms with Crippen LogP contribution in [0, 0.1) is 0 Å². The highest BCUT2D eigenvalue weighted by Gasteiger charge is 2.15. The van der Waals surface area contributed by atoms with Gasteiger partial charge in [-0.05, 0) is 12.2 Å². The Morgan fingerprint density at radius 3 is 2.18 bits per heavy atom. The van der Waals surface area contributed by atoms with Gasteiger partial charge in [0.1, 0.15) is 0 Å². The highest BCUT2D eigenvalue weighted by atomic mass is 32.1. The van der Waals surface area contributed by atoms with Gasteiger partial charge in [-0.2, -0.15) is 0 Å². The summed E-state index contributed by atoms with van der Waals surface area (Å²) in [7, 11) is 5.72. The lowest BCUT2D eigenvalue weighted by Gasteiger charge is -2.24. The largest absolute Gasteiger partial charge is 0.365 e. The Bertz CT molecular complexity index is 132. The minimum atomic E-state index is -1.03. The Hall–Kier alpha value is 0.0400. The van der Waals surface area contributed by atoms with Crippen molar-refractivity contribution in [2.24, 2.45) is 0 Å². The summed E-state index contributed by atoms with van der Waals surface area (Å²) in [5, 5.41) is 3.44. The maximum absolute atomic E-state index is 5.03. The fourth-order valence-corrected chi connectivity index (χ4v) is 1.64. The quantitative estimate of drug-likeness (QED) is 0.536. The fraction of sp³-hybridized carbons (Fsp3) is 0.800. The van der Waals surface area contributed by atoms with Gasteiger partial charge in [0.15, 0.2) is 5.11 Å². The predicted octanol–water partition coefficient (Wildman–Crippen LogP) is 0.942. The van der Waals surface area contributed by atoms with Crippen LogP contribution in [0.25, 0.3) is 0 Å². The second-order valence-electron chi connectivity index (χ2n) is 1.68. The minimum Gasteiger partial charge on any atom is -0.365 e. The highest BCUT2D eigenvalue weighted by molar-refractivity contribution is 7.80. The SMILES string of the molecule is CNC(=S)N(C)P(OC)OC. The van der Waals surface area contributed by atoms with E-state index in [0.29, 0.717) is 5.11 Å². The Morgan fingerprint density at radius 2 is 1.91 bits per heavy atom. The van der Waals surface area contributed by atoms with Crippen molar-refractivity contribution in [3.8, 4) is 0 Å². The molecule has 0 aromatic carbocycles. The third-order valence-corrected chi connectivity index (χ3v) is 2.99.